The number of rotatable bonds is 3. The number of hydrogen-bond donors (Lipinski definition) is 3. The van der Waals surface area contributed by atoms with Crippen LogP contribution in [-0.4, -0.2) is 42.4 Å². The van der Waals surface area contributed by atoms with Crippen LogP contribution in [0.4, 0.5) is 5.82 Å². The number of nitrogens with two attached hydrogens (primary N) is 1. The summed E-state index contributed by atoms with van der Waals surface area (Å²) in [6.07, 6.45) is 4.18. The van der Waals surface area contributed by atoms with Gasteiger partial charge in [0.05, 0.1) is 30.5 Å². The highest BCUT2D eigenvalue weighted by atomic mass is 16.3. The van der Waals surface area contributed by atoms with Gasteiger partial charge in [-0.3, -0.25) is 0 Å². The van der Waals surface area contributed by atoms with Crippen molar-refractivity contribution < 1.29 is 10.2 Å². The molecule has 1 saturated carbocycles. The quantitative estimate of drug-likeness (QED) is 0.706. The summed E-state index contributed by atoms with van der Waals surface area (Å²) in [6.45, 7) is 7.54. The molecular formula is C14H17N5O2. The van der Waals surface area contributed by atoms with E-state index in [4.69, 9.17) is 5.73 Å². The molecule has 110 valence electrons. The third-order valence-electron chi connectivity index (χ3n) is 4.39. The predicted molar refractivity (Wildman–Crippen MR) is 78.3 cm³/mol. The number of aliphatic hydroxyl groups excluding tert-OH is 2. The van der Waals surface area contributed by atoms with Crippen LogP contribution < -0.4 is 5.73 Å². The Kier molecular flexibility index (Phi) is 3.03. The predicted octanol–water partition coefficient (Wildman–Crippen LogP) is 0.435. The number of anilines is 1. The van der Waals surface area contributed by atoms with E-state index in [2.05, 4.69) is 28.1 Å². The fraction of sp³-hybridized carbons (Fsp3) is 0.357. The van der Waals surface area contributed by atoms with Gasteiger partial charge in [-0.2, -0.15) is 0 Å². The molecule has 4 N–H and O–H groups in total. The van der Waals surface area contributed by atoms with Crippen molar-refractivity contribution in [2.45, 2.75) is 18.6 Å². The standard InChI is InChI=1S/C14H17N5O2/c1-3-14(5-20)8(2)9(4-10(14)21)19-7-18-11-12(15)16-6-17-13(11)19/h3,6-7,9-10,20-21H,1-2,4-5H2,(H2,15,16,17)/t9-,10-,14-/m0/s1. The Hall–Kier alpha value is -2.25. The van der Waals surface area contributed by atoms with Crippen LogP contribution in [0.1, 0.15) is 12.5 Å². The van der Waals surface area contributed by atoms with Crippen LogP contribution in [0, 0.1) is 5.41 Å². The highest BCUT2D eigenvalue weighted by molar-refractivity contribution is 5.81. The average molecular weight is 287 g/mol. The van der Waals surface area contributed by atoms with Gasteiger partial charge in [-0.25, -0.2) is 15.0 Å². The van der Waals surface area contributed by atoms with Crippen molar-refractivity contribution in [1.82, 2.24) is 19.5 Å². The molecule has 0 aliphatic heterocycles. The van der Waals surface area contributed by atoms with Gasteiger partial charge in [0.15, 0.2) is 11.5 Å². The smallest absolute Gasteiger partial charge is 0.165 e. The summed E-state index contributed by atoms with van der Waals surface area (Å²) in [6, 6.07) is -0.232. The van der Waals surface area contributed by atoms with Crippen molar-refractivity contribution >= 4 is 17.0 Å². The fourth-order valence-corrected chi connectivity index (χ4v) is 3.01. The Morgan fingerprint density at radius 1 is 1.48 bits per heavy atom. The number of fused-ring (bicyclic) bond motifs is 1. The first-order valence-corrected chi connectivity index (χ1v) is 6.60. The zero-order valence-corrected chi connectivity index (χ0v) is 11.5. The number of nitrogens with zero attached hydrogens (tertiary/aromatic N) is 4. The molecule has 2 aromatic heterocycles. The monoisotopic (exact) mass is 287 g/mol. The van der Waals surface area contributed by atoms with E-state index in [-0.39, 0.29) is 12.6 Å². The van der Waals surface area contributed by atoms with Crippen LogP contribution in [0.3, 0.4) is 0 Å². The van der Waals surface area contributed by atoms with Crippen LogP contribution in [0.15, 0.2) is 37.5 Å². The average Bonchev–Trinajstić information content (AvgIpc) is 3.00. The minimum absolute atomic E-state index is 0.232. The van der Waals surface area contributed by atoms with Crippen molar-refractivity contribution in [2.75, 3.05) is 12.3 Å². The molecule has 0 bridgehead atoms. The van der Waals surface area contributed by atoms with Gasteiger partial charge in [0.1, 0.15) is 11.8 Å². The molecule has 0 radical (unpaired) electrons. The molecule has 7 heteroatoms. The zero-order valence-electron chi connectivity index (χ0n) is 11.5. The van der Waals surface area contributed by atoms with Crippen LogP contribution >= 0.6 is 0 Å². The first kappa shape index (κ1) is 13.7. The lowest BCUT2D eigenvalue weighted by Gasteiger charge is -2.28. The summed E-state index contributed by atoms with van der Waals surface area (Å²) in [7, 11) is 0. The van der Waals surface area contributed by atoms with Crippen LogP contribution in [-0.2, 0) is 0 Å². The topological polar surface area (TPSA) is 110 Å². The maximum Gasteiger partial charge on any atom is 0.165 e. The van der Waals surface area contributed by atoms with E-state index in [0.717, 1.165) is 0 Å². The fourth-order valence-electron chi connectivity index (χ4n) is 3.01. The molecule has 0 saturated heterocycles. The second-order valence-electron chi connectivity index (χ2n) is 5.28. The van der Waals surface area contributed by atoms with Gasteiger partial charge >= 0.3 is 0 Å². The van der Waals surface area contributed by atoms with Crippen LogP contribution in [0.25, 0.3) is 11.2 Å². The maximum absolute atomic E-state index is 10.3. The van der Waals surface area contributed by atoms with E-state index in [1.165, 1.54) is 6.33 Å². The van der Waals surface area contributed by atoms with Crippen LogP contribution in [0.5, 0.6) is 0 Å². The van der Waals surface area contributed by atoms with Crippen molar-refractivity contribution in [1.29, 1.82) is 0 Å². The largest absolute Gasteiger partial charge is 0.395 e. The molecule has 2 heterocycles. The first-order valence-electron chi connectivity index (χ1n) is 6.60. The third-order valence-corrected chi connectivity index (χ3v) is 4.39. The minimum atomic E-state index is -0.903. The summed E-state index contributed by atoms with van der Waals surface area (Å²) in [5, 5.41) is 20.0. The minimum Gasteiger partial charge on any atom is -0.395 e. The Morgan fingerprint density at radius 2 is 2.24 bits per heavy atom. The Balaban J connectivity index is 2.11. The molecule has 0 unspecified atom stereocenters. The molecule has 1 aliphatic carbocycles. The van der Waals surface area contributed by atoms with Crippen LogP contribution in [0.2, 0.25) is 0 Å². The van der Waals surface area contributed by atoms with Gasteiger partial charge in [0.2, 0.25) is 0 Å². The number of hydrogen-bond acceptors (Lipinski definition) is 6. The lowest BCUT2D eigenvalue weighted by atomic mass is 9.81. The summed E-state index contributed by atoms with van der Waals surface area (Å²) < 4.78 is 1.81. The molecule has 1 aliphatic rings. The highest BCUT2D eigenvalue weighted by Crippen LogP contribution is 2.49. The molecule has 2 aromatic rings. The van der Waals surface area contributed by atoms with E-state index in [1.54, 1.807) is 17.0 Å². The third kappa shape index (κ3) is 1.71. The summed E-state index contributed by atoms with van der Waals surface area (Å²) in [5.74, 6) is 0.306. The summed E-state index contributed by atoms with van der Waals surface area (Å²) in [5.41, 5.74) is 6.66. The molecule has 7 nitrogen and oxygen atoms in total. The van der Waals surface area contributed by atoms with Gasteiger partial charge in [-0.1, -0.05) is 12.7 Å². The number of nitrogen functional groups attached to an aromatic ring is 1. The van der Waals surface area contributed by atoms with Crippen molar-refractivity contribution in [3.63, 3.8) is 0 Å². The van der Waals surface area contributed by atoms with Gasteiger partial charge in [-0.05, 0) is 12.0 Å². The Labute approximate surface area is 121 Å². The van der Waals surface area contributed by atoms with E-state index in [1.807, 2.05) is 0 Å². The molecule has 0 amide bonds. The summed E-state index contributed by atoms with van der Waals surface area (Å²) >= 11 is 0. The molecule has 1 fully saturated rings. The SMILES string of the molecule is C=C[C@]1(CO)C(=C)[C@@H](n2cnc3c(N)ncnc32)C[C@@H]1O. The van der Waals surface area contributed by atoms with E-state index in [9.17, 15) is 10.2 Å². The van der Waals surface area contributed by atoms with Crippen molar-refractivity contribution in [3.8, 4) is 0 Å². The Bertz CT molecular complexity index is 725. The lowest BCUT2D eigenvalue weighted by Crippen LogP contribution is -2.32. The molecule has 0 spiro atoms. The normalized spacial score (nSPS) is 29.1. The van der Waals surface area contributed by atoms with Gasteiger partial charge in [0, 0.05) is 0 Å². The number of aromatic nitrogens is 4. The number of aliphatic hydroxyl groups is 2. The van der Waals surface area contributed by atoms with Crippen molar-refractivity contribution in [2.24, 2.45) is 5.41 Å². The zero-order chi connectivity index (χ0) is 15.2. The highest BCUT2D eigenvalue weighted by Gasteiger charge is 2.48. The maximum atomic E-state index is 10.3. The molecule has 0 aromatic carbocycles. The van der Waals surface area contributed by atoms with Gasteiger partial charge < -0.3 is 20.5 Å². The molecule has 3 atom stereocenters. The van der Waals surface area contributed by atoms with Gasteiger partial charge in [-0.15, -0.1) is 6.58 Å². The van der Waals surface area contributed by atoms with Crippen molar-refractivity contribution in [3.05, 3.63) is 37.5 Å². The lowest BCUT2D eigenvalue weighted by molar-refractivity contribution is 0.0579. The van der Waals surface area contributed by atoms with E-state index in [0.29, 0.717) is 29.0 Å². The molecule has 21 heavy (non-hydrogen) atoms. The second kappa shape index (κ2) is 4.64. The van der Waals surface area contributed by atoms with Gasteiger partial charge in [0.25, 0.3) is 0 Å². The molecule has 3 rings (SSSR count). The second-order valence-corrected chi connectivity index (χ2v) is 5.28. The molecular weight excluding hydrogens is 270 g/mol. The van der Waals surface area contributed by atoms with E-state index < -0.39 is 11.5 Å². The summed E-state index contributed by atoms with van der Waals surface area (Å²) in [4.78, 5) is 12.3. The van der Waals surface area contributed by atoms with E-state index >= 15 is 0 Å². The Morgan fingerprint density at radius 3 is 2.86 bits per heavy atom. The first-order chi connectivity index (χ1) is 10.0. The number of imidazole rings is 1.